The number of aryl methyl sites for hydroxylation is 1. The van der Waals surface area contributed by atoms with Crippen molar-refractivity contribution in [1.82, 2.24) is 10.2 Å². The van der Waals surface area contributed by atoms with E-state index in [1.165, 1.54) is 4.31 Å². The van der Waals surface area contributed by atoms with Crippen molar-refractivity contribution in [2.45, 2.75) is 59.2 Å². The van der Waals surface area contributed by atoms with Crippen LogP contribution in [0.2, 0.25) is 0 Å². The fourth-order valence-electron chi connectivity index (χ4n) is 3.56. The van der Waals surface area contributed by atoms with Gasteiger partial charge < -0.3 is 10.2 Å². The number of carbonyl (C=O) groups excluding carboxylic acids is 2. The molecular weight excluding hydrogens is 518 g/mol. The first-order valence-electron chi connectivity index (χ1n) is 11.3. The summed E-state index contributed by atoms with van der Waals surface area (Å²) in [6, 6.07) is 14.1. The van der Waals surface area contributed by atoms with Crippen LogP contribution in [0, 0.1) is 6.92 Å². The summed E-state index contributed by atoms with van der Waals surface area (Å²) in [5.41, 5.74) is 2.43. The lowest BCUT2D eigenvalue weighted by atomic mass is 10.1. The fourth-order valence-corrected chi connectivity index (χ4v) is 4.78. The predicted molar refractivity (Wildman–Crippen MR) is 140 cm³/mol. The van der Waals surface area contributed by atoms with Crippen LogP contribution in [0.1, 0.15) is 44.7 Å². The molecule has 34 heavy (non-hydrogen) atoms. The molecule has 1 atom stereocenters. The number of hydrogen-bond donors (Lipinski definition) is 1. The summed E-state index contributed by atoms with van der Waals surface area (Å²) < 4.78 is 27.0. The number of carbonyl (C=O) groups is 2. The lowest BCUT2D eigenvalue weighted by molar-refractivity contribution is -0.140. The van der Waals surface area contributed by atoms with E-state index in [-0.39, 0.29) is 37.4 Å². The van der Waals surface area contributed by atoms with Crippen molar-refractivity contribution in [1.29, 1.82) is 0 Å². The number of anilines is 1. The second-order valence-electron chi connectivity index (χ2n) is 8.77. The summed E-state index contributed by atoms with van der Waals surface area (Å²) in [5, 5.41) is 2.87. The molecule has 0 bridgehead atoms. The van der Waals surface area contributed by atoms with Crippen LogP contribution in [0.15, 0.2) is 53.0 Å². The number of nitrogens with one attached hydrogen (secondary N) is 1. The molecule has 9 heteroatoms. The summed E-state index contributed by atoms with van der Waals surface area (Å²) >= 11 is 3.41. The molecule has 2 amide bonds. The molecule has 0 heterocycles. The Morgan fingerprint density at radius 1 is 1.06 bits per heavy atom. The predicted octanol–water partition coefficient (Wildman–Crippen LogP) is 4.25. The third-order valence-corrected chi connectivity index (χ3v) is 7.03. The molecule has 0 aliphatic carbocycles. The largest absolute Gasteiger partial charge is 0.352 e. The highest BCUT2D eigenvalue weighted by atomic mass is 79.9. The van der Waals surface area contributed by atoms with Crippen LogP contribution in [0.4, 0.5) is 5.69 Å². The first-order chi connectivity index (χ1) is 15.9. The number of rotatable bonds is 11. The second-order valence-corrected chi connectivity index (χ2v) is 11.6. The van der Waals surface area contributed by atoms with Crippen LogP contribution < -0.4 is 9.62 Å². The summed E-state index contributed by atoms with van der Waals surface area (Å²) in [5.74, 6) is -0.426. The number of hydrogen-bond acceptors (Lipinski definition) is 4. The maximum absolute atomic E-state index is 13.2. The maximum atomic E-state index is 13.2. The molecule has 1 unspecified atom stereocenters. The molecular formula is C25H34BrN3O4S. The topological polar surface area (TPSA) is 86.8 Å². The minimum Gasteiger partial charge on any atom is -0.352 e. The van der Waals surface area contributed by atoms with Gasteiger partial charge in [0.05, 0.1) is 11.9 Å². The number of nitrogens with zero attached hydrogens (tertiary/aromatic N) is 2. The minimum absolute atomic E-state index is 0.0442. The average Bonchev–Trinajstić information content (AvgIpc) is 2.74. The maximum Gasteiger partial charge on any atom is 0.242 e. The van der Waals surface area contributed by atoms with E-state index in [0.29, 0.717) is 12.1 Å². The van der Waals surface area contributed by atoms with Crippen molar-refractivity contribution >= 4 is 43.5 Å². The third kappa shape index (κ3) is 8.43. The van der Waals surface area contributed by atoms with Crippen LogP contribution in [0.3, 0.4) is 0 Å². The third-order valence-electron chi connectivity index (χ3n) is 5.31. The van der Waals surface area contributed by atoms with E-state index in [1.807, 2.05) is 57.2 Å². The van der Waals surface area contributed by atoms with Gasteiger partial charge in [-0.25, -0.2) is 8.42 Å². The van der Waals surface area contributed by atoms with Crippen molar-refractivity contribution in [2.75, 3.05) is 17.1 Å². The Balaban J connectivity index is 2.16. The summed E-state index contributed by atoms with van der Waals surface area (Å²) in [7, 11) is -3.51. The Hall–Kier alpha value is -2.39. The smallest absolute Gasteiger partial charge is 0.242 e. The zero-order chi connectivity index (χ0) is 25.5. The Bertz CT molecular complexity index is 1090. The van der Waals surface area contributed by atoms with Gasteiger partial charge in [0.15, 0.2) is 0 Å². The zero-order valence-corrected chi connectivity index (χ0v) is 22.8. The van der Waals surface area contributed by atoms with E-state index in [9.17, 15) is 18.0 Å². The monoisotopic (exact) mass is 551 g/mol. The van der Waals surface area contributed by atoms with Crippen LogP contribution in [0.25, 0.3) is 0 Å². The van der Waals surface area contributed by atoms with E-state index >= 15 is 0 Å². The number of halogens is 1. The van der Waals surface area contributed by atoms with E-state index in [1.54, 1.807) is 24.0 Å². The molecule has 1 N–H and O–H groups in total. The van der Waals surface area contributed by atoms with E-state index in [0.717, 1.165) is 21.9 Å². The van der Waals surface area contributed by atoms with E-state index in [4.69, 9.17) is 0 Å². The second kappa shape index (κ2) is 12.4. The van der Waals surface area contributed by atoms with Gasteiger partial charge in [-0.15, -0.1) is 0 Å². The lowest BCUT2D eigenvalue weighted by Gasteiger charge is -2.30. The molecule has 0 aromatic heterocycles. The number of benzene rings is 2. The van der Waals surface area contributed by atoms with Gasteiger partial charge in [0, 0.05) is 30.0 Å². The van der Waals surface area contributed by atoms with E-state index in [2.05, 4.69) is 21.2 Å². The van der Waals surface area contributed by atoms with Crippen molar-refractivity contribution in [2.24, 2.45) is 0 Å². The average molecular weight is 553 g/mol. The fraction of sp³-hybridized carbons (Fsp3) is 0.440. The quantitative estimate of drug-likeness (QED) is 0.452. The SMILES string of the molecule is Cc1cccc(N(CCCC(=O)N(Cc2ccc(Br)cc2)C(C)C(=O)NC(C)C)S(C)(=O)=O)c1. The Kier molecular flexibility index (Phi) is 10.1. The molecule has 7 nitrogen and oxygen atoms in total. The highest BCUT2D eigenvalue weighted by Gasteiger charge is 2.27. The molecule has 2 aromatic carbocycles. The van der Waals surface area contributed by atoms with Gasteiger partial charge in [0.2, 0.25) is 21.8 Å². The molecule has 0 aliphatic heterocycles. The summed E-state index contributed by atoms with van der Waals surface area (Å²) in [6.45, 7) is 7.81. The standard InChI is InChI=1S/C25H34BrN3O4S/c1-18(2)27-25(31)20(4)28(17-21-11-13-22(26)14-12-21)24(30)10-7-15-29(34(5,32)33)23-9-6-8-19(3)16-23/h6,8-9,11-14,16,18,20H,7,10,15,17H2,1-5H3,(H,27,31). The number of amides is 2. The van der Waals surface area contributed by atoms with Crippen LogP contribution >= 0.6 is 15.9 Å². The minimum atomic E-state index is -3.51. The Morgan fingerprint density at radius 3 is 2.26 bits per heavy atom. The molecule has 2 aromatic rings. The van der Waals surface area contributed by atoms with Gasteiger partial charge >= 0.3 is 0 Å². The van der Waals surface area contributed by atoms with Gasteiger partial charge in [-0.3, -0.25) is 13.9 Å². The molecule has 0 aliphatic rings. The number of sulfonamides is 1. The zero-order valence-electron chi connectivity index (χ0n) is 20.4. The van der Waals surface area contributed by atoms with Crippen LogP contribution in [-0.2, 0) is 26.2 Å². The molecule has 2 rings (SSSR count). The van der Waals surface area contributed by atoms with Gasteiger partial charge in [-0.1, -0.05) is 40.2 Å². The molecule has 0 fully saturated rings. The first-order valence-corrected chi connectivity index (χ1v) is 13.9. The van der Waals surface area contributed by atoms with Gasteiger partial charge in [-0.05, 0) is 69.5 Å². The Labute approximate surface area is 211 Å². The highest BCUT2D eigenvalue weighted by molar-refractivity contribution is 9.10. The van der Waals surface area contributed by atoms with Crippen molar-refractivity contribution in [3.63, 3.8) is 0 Å². The van der Waals surface area contributed by atoms with Crippen molar-refractivity contribution < 1.29 is 18.0 Å². The highest BCUT2D eigenvalue weighted by Crippen LogP contribution is 2.20. The summed E-state index contributed by atoms with van der Waals surface area (Å²) in [6.07, 6.45) is 1.61. The normalized spacial score (nSPS) is 12.3. The molecule has 186 valence electrons. The van der Waals surface area contributed by atoms with Crippen LogP contribution in [0.5, 0.6) is 0 Å². The summed E-state index contributed by atoms with van der Waals surface area (Å²) in [4.78, 5) is 27.5. The van der Waals surface area contributed by atoms with Gasteiger partial charge in [0.25, 0.3) is 0 Å². The lowest BCUT2D eigenvalue weighted by Crippen LogP contribution is -2.49. The van der Waals surface area contributed by atoms with Crippen molar-refractivity contribution in [3.05, 3.63) is 64.1 Å². The molecule has 0 saturated heterocycles. The van der Waals surface area contributed by atoms with Crippen molar-refractivity contribution in [3.8, 4) is 0 Å². The van der Waals surface area contributed by atoms with Crippen LogP contribution in [-0.4, -0.2) is 50.0 Å². The van der Waals surface area contributed by atoms with E-state index < -0.39 is 16.1 Å². The molecule has 0 radical (unpaired) electrons. The van der Waals surface area contributed by atoms with Gasteiger partial charge in [0.1, 0.15) is 6.04 Å². The van der Waals surface area contributed by atoms with Gasteiger partial charge in [-0.2, -0.15) is 0 Å². The molecule has 0 spiro atoms. The Morgan fingerprint density at radius 2 is 1.71 bits per heavy atom. The first kappa shape index (κ1) is 27.9. The molecule has 0 saturated carbocycles.